The van der Waals surface area contributed by atoms with Crippen LogP contribution < -0.4 is 4.72 Å². The van der Waals surface area contributed by atoms with Gasteiger partial charge in [0.05, 0.1) is 5.75 Å². The smallest absolute Gasteiger partial charge is 0.235 e. The van der Waals surface area contributed by atoms with E-state index in [0.717, 1.165) is 0 Å². The van der Waals surface area contributed by atoms with Crippen molar-refractivity contribution in [1.82, 2.24) is 4.72 Å². The Labute approximate surface area is 79.2 Å². The molecule has 0 radical (unpaired) electrons. The van der Waals surface area contributed by atoms with Gasteiger partial charge in [0, 0.05) is 5.92 Å². The van der Waals surface area contributed by atoms with E-state index in [4.69, 9.17) is 0 Å². The van der Waals surface area contributed by atoms with E-state index in [1.54, 1.807) is 13.8 Å². The van der Waals surface area contributed by atoms with Crippen molar-refractivity contribution in [3.63, 3.8) is 0 Å². The van der Waals surface area contributed by atoms with Crippen LogP contribution in [0.25, 0.3) is 0 Å². The minimum absolute atomic E-state index is 0. The normalized spacial score (nSPS) is 10.7. The molecule has 0 aliphatic carbocycles. The molecule has 0 bridgehead atoms. The van der Waals surface area contributed by atoms with Crippen LogP contribution in [0.5, 0.6) is 0 Å². The summed E-state index contributed by atoms with van der Waals surface area (Å²) in [7, 11) is -3.36. The number of nitrogens with one attached hydrogen (secondary N) is 1. The number of hydrogen-bond acceptors (Lipinski definition) is 3. The molecule has 0 aliphatic heterocycles. The molecule has 0 aliphatic rings. The van der Waals surface area contributed by atoms with Gasteiger partial charge < -0.3 is 0 Å². The highest BCUT2D eigenvalue weighted by Gasteiger charge is 2.13. The molecule has 1 amide bonds. The average molecular weight is 216 g/mol. The van der Waals surface area contributed by atoms with Crippen molar-refractivity contribution in [1.29, 1.82) is 0 Å². The lowest BCUT2D eigenvalue weighted by atomic mass is 10.2. The van der Waals surface area contributed by atoms with Gasteiger partial charge in [-0.25, -0.2) is 8.42 Å². The third-order valence-electron chi connectivity index (χ3n) is 1.16. The lowest BCUT2D eigenvalue weighted by molar-refractivity contribution is -0.122. The summed E-state index contributed by atoms with van der Waals surface area (Å²) in [6, 6.07) is 0. The fourth-order valence-corrected chi connectivity index (χ4v) is 1.03. The first-order valence-electron chi connectivity index (χ1n) is 3.43. The second-order valence-corrected chi connectivity index (χ2v) is 4.54. The summed E-state index contributed by atoms with van der Waals surface area (Å²) in [6.45, 7) is 4.76. The first-order valence-corrected chi connectivity index (χ1v) is 5.08. The van der Waals surface area contributed by atoms with Crippen molar-refractivity contribution in [3.05, 3.63) is 0 Å². The molecule has 0 rings (SSSR count). The van der Waals surface area contributed by atoms with Gasteiger partial charge in [0.25, 0.3) is 0 Å². The molecule has 4 nitrogen and oxygen atoms in total. The van der Waals surface area contributed by atoms with Crippen LogP contribution in [0.1, 0.15) is 20.8 Å². The van der Waals surface area contributed by atoms with E-state index in [2.05, 4.69) is 0 Å². The molecular formula is C6H14ClNO3S. The molecule has 0 unspecified atom stereocenters. The number of sulfonamides is 1. The van der Waals surface area contributed by atoms with Gasteiger partial charge in [-0.2, -0.15) is 0 Å². The van der Waals surface area contributed by atoms with E-state index in [0.29, 0.717) is 0 Å². The predicted molar refractivity (Wildman–Crippen MR) is 49.7 cm³/mol. The fraction of sp³-hybridized carbons (Fsp3) is 0.833. The topological polar surface area (TPSA) is 63.2 Å². The van der Waals surface area contributed by atoms with Crippen LogP contribution in [0.15, 0.2) is 0 Å². The van der Waals surface area contributed by atoms with Gasteiger partial charge >= 0.3 is 0 Å². The standard InChI is InChI=1S/C6H13NO3S.ClH/c1-4-11(9,10)7-6(8)5(2)3;/h5H,4H2,1-3H3,(H,7,8);1H. The lowest BCUT2D eigenvalue weighted by Gasteiger charge is -2.05. The number of halogens is 1. The van der Waals surface area contributed by atoms with E-state index in [1.807, 2.05) is 4.72 Å². The molecule has 0 spiro atoms. The van der Waals surface area contributed by atoms with Crippen LogP contribution in [0.4, 0.5) is 0 Å². The van der Waals surface area contributed by atoms with Gasteiger partial charge in [0.15, 0.2) is 0 Å². The summed E-state index contributed by atoms with van der Waals surface area (Å²) in [6.07, 6.45) is 0. The van der Waals surface area contributed by atoms with E-state index < -0.39 is 15.9 Å². The summed E-state index contributed by atoms with van der Waals surface area (Å²) in [5.74, 6) is -0.811. The minimum atomic E-state index is -3.36. The maximum Gasteiger partial charge on any atom is 0.235 e. The molecular weight excluding hydrogens is 202 g/mol. The third-order valence-corrected chi connectivity index (χ3v) is 2.43. The highest BCUT2D eigenvalue weighted by Crippen LogP contribution is 1.93. The predicted octanol–water partition coefficient (Wildman–Crippen LogP) is 0.530. The van der Waals surface area contributed by atoms with Crippen molar-refractivity contribution in [2.24, 2.45) is 5.92 Å². The van der Waals surface area contributed by atoms with E-state index >= 15 is 0 Å². The monoisotopic (exact) mass is 215 g/mol. The first-order chi connectivity index (χ1) is 4.89. The van der Waals surface area contributed by atoms with Crippen LogP contribution in [0.3, 0.4) is 0 Å². The van der Waals surface area contributed by atoms with Crippen LogP contribution in [-0.2, 0) is 14.8 Å². The molecule has 1 N–H and O–H groups in total. The zero-order chi connectivity index (χ0) is 9.07. The molecule has 74 valence electrons. The summed E-state index contributed by atoms with van der Waals surface area (Å²) < 4.78 is 23.5. The van der Waals surface area contributed by atoms with Crippen molar-refractivity contribution in [2.75, 3.05) is 5.75 Å². The Kier molecular flexibility index (Phi) is 6.38. The highest BCUT2D eigenvalue weighted by molar-refractivity contribution is 7.90. The second-order valence-electron chi connectivity index (χ2n) is 2.52. The van der Waals surface area contributed by atoms with E-state index in [9.17, 15) is 13.2 Å². The number of hydrogen-bond donors (Lipinski definition) is 1. The summed E-state index contributed by atoms with van der Waals surface area (Å²) in [5, 5.41) is 0. The Balaban J connectivity index is 0. The van der Waals surface area contributed by atoms with Crippen LogP contribution in [0.2, 0.25) is 0 Å². The molecule has 0 heterocycles. The van der Waals surface area contributed by atoms with Gasteiger partial charge in [-0.15, -0.1) is 12.4 Å². The maximum atomic E-state index is 10.8. The molecule has 0 aromatic carbocycles. The van der Waals surface area contributed by atoms with Crippen LogP contribution >= 0.6 is 12.4 Å². The third kappa shape index (κ3) is 5.37. The van der Waals surface area contributed by atoms with Gasteiger partial charge in [-0.1, -0.05) is 13.8 Å². The Hall–Kier alpha value is -0.290. The van der Waals surface area contributed by atoms with Crippen molar-refractivity contribution in [3.8, 4) is 0 Å². The van der Waals surface area contributed by atoms with Crippen LogP contribution in [0, 0.1) is 5.92 Å². The molecule has 0 atom stereocenters. The van der Waals surface area contributed by atoms with Gasteiger partial charge in [-0.05, 0) is 6.92 Å². The highest BCUT2D eigenvalue weighted by atomic mass is 35.5. The first kappa shape index (κ1) is 14.2. The quantitative estimate of drug-likeness (QED) is 0.747. The van der Waals surface area contributed by atoms with Crippen molar-refractivity contribution < 1.29 is 13.2 Å². The number of rotatable bonds is 3. The lowest BCUT2D eigenvalue weighted by Crippen LogP contribution is -2.34. The molecule has 0 saturated carbocycles. The van der Waals surface area contributed by atoms with E-state index in [1.165, 1.54) is 6.92 Å². The van der Waals surface area contributed by atoms with Crippen molar-refractivity contribution >= 4 is 28.3 Å². The van der Waals surface area contributed by atoms with Gasteiger partial charge in [0.2, 0.25) is 15.9 Å². The Morgan fingerprint density at radius 1 is 1.42 bits per heavy atom. The molecule has 0 fully saturated rings. The van der Waals surface area contributed by atoms with Crippen LogP contribution in [-0.4, -0.2) is 20.1 Å². The zero-order valence-electron chi connectivity index (χ0n) is 7.33. The summed E-state index contributed by atoms with van der Waals surface area (Å²) in [4.78, 5) is 10.8. The zero-order valence-corrected chi connectivity index (χ0v) is 8.96. The minimum Gasteiger partial charge on any atom is -0.274 e. The maximum absolute atomic E-state index is 10.8. The summed E-state index contributed by atoms with van der Waals surface area (Å²) >= 11 is 0. The largest absolute Gasteiger partial charge is 0.274 e. The molecule has 0 aromatic rings. The number of carbonyl (C=O) groups excluding carboxylic acids is 1. The Morgan fingerprint density at radius 3 is 2.08 bits per heavy atom. The number of amides is 1. The molecule has 0 aromatic heterocycles. The average Bonchev–Trinajstić information content (AvgIpc) is 1.87. The van der Waals surface area contributed by atoms with E-state index in [-0.39, 0.29) is 24.1 Å². The Bertz CT molecular complexity index is 235. The fourth-order valence-electron chi connectivity index (χ4n) is 0.343. The molecule has 0 saturated heterocycles. The molecule has 12 heavy (non-hydrogen) atoms. The molecule has 6 heteroatoms. The summed E-state index contributed by atoms with van der Waals surface area (Å²) in [5.41, 5.74) is 0. The SMILES string of the molecule is CCS(=O)(=O)NC(=O)C(C)C.Cl. The second kappa shape index (κ2) is 5.37. The Morgan fingerprint density at radius 2 is 1.83 bits per heavy atom. The van der Waals surface area contributed by atoms with Gasteiger partial charge in [0.1, 0.15) is 0 Å². The van der Waals surface area contributed by atoms with Gasteiger partial charge in [-0.3, -0.25) is 9.52 Å². The van der Waals surface area contributed by atoms with Crippen molar-refractivity contribution in [2.45, 2.75) is 20.8 Å². The number of carbonyl (C=O) groups is 1.